The molecule has 0 saturated carbocycles. The fraction of sp³-hybridized carbons (Fsp3) is 1.00. The summed E-state index contributed by atoms with van der Waals surface area (Å²) in [6.07, 6.45) is 19.6. The first-order valence-electron chi connectivity index (χ1n) is 11.6. The van der Waals surface area contributed by atoms with E-state index in [0.29, 0.717) is 12.2 Å². The van der Waals surface area contributed by atoms with Gasteiger partial charge in [0, 0.05) is 0 Å². The Morgan fingerprint density at radius 2 is 0.880 bits per heavy atom. The van der Waals surface area contributed by atoms with Crippen molar-refractivity contribution in [3.05, 3.63) is 0 Å². The highest BCUT2D eigenvalue weighted by molar-refractivity contribution is 4.67. The highest BCUT2D eigenvalue weighted by Gasteiger charge is 2.17. The van der Waals surface area contributed by atoms with Gasteiger partial charge in [0.15, 0.2) is 0 Å². The topological polar surface area (TPSA) is 9.23 Å². The molecule has 0 aromatic rings. The molecule has 0 aromatic carbocycles. The molecule has 0 amide bonds. The van der Waals surface area contributed by atoms with Crippen molar-refractivity contribution in [1.29, 1.82) is 0 Å². The molecule has 2 atom stereocenters. The van der Waals surface area contributed by atoms with Gasteiger partial charge in [-0.2, -0.15) is 0 Å². The largest absolute Gasteiger partial charge is 0.375 e. The van der Waals surface area contributed by atoms with Crippen LogP contribution in [0.3, 0.4) is 0 Å². The van der Waals surface area contributed by atoms with Crippen LogP contribution in [0.25, 0.3) is 0 Å². The maximum atomic E-state index is 6.71. The second-order valence-corrected chi connectivity index (χ2v) is 9.02. The molecular formula is C24H50O. The Morgan fingerprint density at radius 3 is 1.20 bits per heavy atom. The molecule has 0 aliphatic heterocycles. The smallest absolute Gasteiger partial charge is 0.0579 e. The SMILES string of the molecule is CCCCCCC(CCC(C)C)OC(CCCCCC)CCC(C)C. The van der Waals surface area contributed by atoms with Crippen LogP contribution >= 0.6 is 0 Å². The van der Waals surface area contributed by atoms with Crippen LogP contribution in [0, 0.1) is 11.8 Å². The number of hydrogen-bond acceptors (Lipinski definition) is 1. The van der Waals surface area contributed by atoms with Crippen LogP contribution in [0.5, 0.6) is 0 Å². The van der Waals surface area contributed by atoms with Crippen LogP contribution in [-0.2, 0) is 4.74 Å². The molecule has 1 nitrogen and oxygen atoms in total. The molecule has 2 unspecified atom stereocenters. The maximum absolute atomic E-state index is 6.71. The summed E-state index contributed by atoms with van der Waals surface area (Å²) in [6.45, 7) is 14.0. The summed E-state index contributed by atoms with van der Waals surface area (Å²) in [7, 11) is 0. The first-order chi connectivity index (χ1) is 12.0. The van der Waals surface area contributed by atoms with E-state index in [1.807, 2.05) is 0 Å². The van der Waals surface area contributed by atoms with Gasteiger partial charge in [-0.05, 0) is 50.4 Å². The molecule has 0 saturated heterocycles. The number of unbranched alkanes of at least 4 members (excludes halogenated alkanes) is 6. The van der Waals surface area contributed by atoms with Crippen molar-refractivity contribution in [1.82, 2.24) is 0 Å². The minimum atomic E-state index is 0.502. The highest BCUT2D eigenvalue weighted by Crippen LogP contribution is 2.23. The van der Waals surface area contributed by atoms with Crippen LogP contribution in [0.15, 0.2) is 0 Å². The van der Waals surface area contributed by atoms with Crippen LogP contribution in [-0.4, -0.2) is 12.2 Å². The first-order valence-corrected chi connectivity index (χ1v) is 11.6. The maximum Gasteiger partial charge on any atom is 0.0579 e. The van der Waals surface area contributed by atoms with E-state index in [1.54, 1.807) is 0 Å². The quantitative estimate of drug-likeness (QED) is 0.224. The van der Waals surface area contributed by atoms with Gasteiger partial charge in [-0.15, -0.1) is 0 Å². The second-order valence-electron chi connectivity index (χ2n) is 9.02. The van der Waals surface area contributed by atoms with Gasteiger partial charge in [0.25, 0.3) is 0 Å². The van der Waals surface area contributed by atoms with Crippen LogP contribution < -0.4 is 0 Å². The molecule has 152 valence electrons. The zero-order valence-corrected chi connectivity index (χ0v) is 18.6. The van der Waals surface area contributed by atoms with Crippen molar-refractivity contribution in [2.24, 2.45) is 11.8 Å². The molecule has 0 spiro atoms. The highest BCUT2D eigenvalue weighted by atomic mass is 16.5. The summed E-state index contributed by atoms with van der Waals surface area (Å²) in [5, 5.41) is 0. The van der Waals surface area contributed by atoms with Crippen molar-refractivity contribution >= 4 is 0 Å². The fourth-order valence-electron chi connectivity index (χ4n) is 3.47. The lowest BCUT2D eigenvalue weighted by Gasteiger charge is -2.26. The number of hydrogen-bond donors (Lipinski definition) is 0. The van der Waals surface area contributed by atoms with Gasteiger partial charge in [0.1, 0.15) is 0 Å². The predicted octanol–water partition coefficient (Wildman–Crippen LogP) is 8.55. The summed E-state index contributed by atoms with van der Waals surface area (Å²) >= 11 is 0. The van der Waals surface area contributed by atoms with E-state index in [0.717, 1.165) is 11.8 Å². The van der Waals surface area contributed by atoms with Gasteiger partial charge < -0.3 is 4.74 Å². The predicted molar refractivity (Wildman–Crippen MR) is 114 cm³/mol. The zero-order chi connectivity index (χ0) is 18.9. The Morgan fingerprint density at radius 1 is 0.480 bits per heavy atom. The minimum Gasteiger partial charge on any atom is -0.375 e. The molecule has 1 heteroatoms. The lowest BCUT2D eigenvalue weighted by Crippen LogP contribution is -2.23. The molecule has 0 radical (unpaired) electrons. The summed E-state index contributed by atoms with van der Waals surface area (Å²) in [5.74, 6) is 1.58. The fourth-order valence-corrected chi connectivity index (χ4v) is 3.47. The molecule has 0 bridgehead atoms. The van der Waals surface area contributed by atoms with Crippen molar-refractivity contribution in [3.63, 3.8) is 0 Å². The summed E-state index contributed by atoms with van der Waals surface area (Å²) in [5.41, 5.74) is 0. The zero-order valence-electron chi connectivity index (χ0n) is 18.6. The van der Waals surface area contributed by atoms with Crippen molar-refractivity contribution < 1.29 is 4.74 Å². The van der Waals surface area contributed by atoms with Gasteiger partial charge in [-0.3, -0.25) is 0 Å². The monoisotopic (exact) mass is 354 g/mol. The third-order valence-electron chi connectivity index (χ3n) is 5.28. The van der Waals surface area contributed by atoms with Crippen LogP contribution in [0.4, 0.5) is 0 Å². The molecule has 0 fully saturated rings. The third-order valence-corrected chi connectivity index (χ3v) is 5.28. The number of ether oxygens (including phenoxy) is 1. The van der Waals surface area contributed by atoms with E-state index in [2.05, 4.69) is 41.5 Å². The lowest BCUT2D eigenvalue weighted by atomic mass is 9.98. The van der Waals surface area contributed by atoms with Gasteiger partial charge in [0.05, 0.1) is 12.2 Å². The summed E-state index contributed by atoms with van der Waals surface area (Å²) in [6, 6.07) is 0. The van der Waals surface area contributed by atoms with Crippen molar-refractivity contribution in [2.75, 3.05) is 0 Å². The van der Waals surface area contributed by atoms with E-state index in [9.17, 15) is 0 Å². The van der Waals surface area contributed by atoms with Gasteiger partial charge in [-0.25, -0.2) is 0 Å². The standard InChI is InChI=1S/C24H50O/c1-7-9-11-13-15-23(19-17-21(3)4)25-24(20-18-22(5)6)16-14-12-10-8-2/h21-24H,7-20H2,1-6H3. The van der Waals surface area contributed by atoms with Crippen LogP contribution in [0.1, 0.15) is 131 Å². The molecule has 0 aliphatic carbocycles. The average molecular weight is 355 g/mol. The summed E-state index contributed by atoms with van der Waals surface area (Å²) in [4.78, 5) is 0. The van der Waals surface area contributed by atoms with Gasteiger partial charge in [-0.1, -0.05) is 92.9 Å². The molecule has 0 aliphatic rings. The Balaban J connectivity index is 4.46. The van der Waals surface area contributed by atoms with E-state index >= 15 is 0 Å². The van der Waals surface area contributed by atoms with Crippen molar-refractivity contribution in [3.8, 4) is 0 Å². The molecule has 0 rings (SSSR count). The number of rotatable bonds is 18. The Bertz CT molecular complexity index is 233. The Kier molecular flexibility index (Phi) is 17.3. The molecule has 25 heavy (non-hydrogen) atoms. The Labute approximate surface area is 160 Å². The molecule has 0 N–H and O–H groups in total. The lowest BCUT2D eigenvalue weighted by molar-refractivity contribution is -0.0344. The third kappa shape index (κ3) is 17.1. The van der Waals surface area contributed by atoms with Gasteiger partial charge >= 0.3 is 0 Å². The summed E-state index contributed by atoms with van der Waals surface area (Å²) < 4.78 is 6.71. The minimum absolute atomic E-state index is 0.502. The van der Waals surface area contributed by atoms with Crippen LogP contribution in [0.2, 0.25) is 0 Å². The van der Waals surface area contributed by atoms with Crippen molar-refractivity contribution in [2.45, 2.75) is 144 Å². The molecule has 0 heterocycles. The van der Waals surface area contributed by atoms with E-state index < -0.39 is 0 Å². The Hall–Kier alpha value is -0.0400. The normalized spacial score (nSPS) is 14.4. The van der Waals surface area contributed by atoms with E-state index in [4.69, 9.17) is 4.74 Å². The molecular weight excluding hydrogens is 304 g/mol. The van der Waals surface area contributed by atoms with E-state index in [-0.39, 0.29) is 0 Å². The molecule has 0 aromatic heterocycles. The average Bonchev–Trinajstić information content (AvgIpc) is 2.57. The van der Waals surface area contributed by atoms with Gasteiger partial charge in [0.2, 0.25) is 0 Å². The first kappa shape index (κ1) is 25.0. The van der Waals surface area contributed by atoms with E-state index in [1.165, 1.54) is 89.9 Å². The second kappa shape index (κ2) is 17.4.